The quantitative estimate of drug-likeness (QED) is 0.455. The van der Waals surface area contributed by atoms with Crippen molar-refractivity contribution < 1.29 is 24.2 Å². The summed E-state index contributed by atoms with van der Waals surface area (Å²) in [5, 5.41) is 14.4. The average Bonchev–Trinajstić information content (AvgIpc) is 3.15. The smallest absolute Gasteiger partial charge is 0.404 e. The Morgan fingerprint density at radius 1 is 1.14 bits per heavy atom. The first-order valence-corrected chi connectivity index (χ1v) is 12.1. The number of fused-ring (bicyclic) bond motifs is 1. The molecule has 1 atom stereocenters. The topological polar surface area (TPSA) is 130 Å². The fourth-order valence-electron chi connectivity index (χ4n) is 4.83. The van der Waals surface area contributed by atoms with Gasteiger partial charge in [0.1, 0.15) is 0 Å². The van der Waals surface area contributed by atoms with Crippen LogP contribution in [0.2, 0.25) is 10.0 Å². The summed E-state index contributed by atoms with van der Waals surface area (Å²) < 4.78 is 12.3. The fourth-order valence-corrected chi connectivity index (χ4v) is 5.33. The Balaban J connectivity index is 1.49. The van der Waals surface area contributed by atoms with Gasteiger partial charge in [0.05, 0.1) is 15.6 Å². The number of carboxylic acid groups (broad SMARTS) is 1. The van der Waals surface area contributed by atoms with E-state index in [-0.39, 0.29) is 51.2 Å². The summed E-state index contributed by atoms with van der Waals surface area (Å²) in [7, 11) is 0. The summed E-state index contributed by atoms with van der Waals surface area (Å²) in [5.41, 5.74) is 1.81. The molecule has 1 unspecified atom stereocenters. The van der Waals surface area contributed by atoms with Crippen molar-refractivity contribution in [1.29, 1.82) is 0 Å². The highest BCUT2D eigenvalue weighted by Gasteiger charge is 2.47. The van der Waals surface area contributed by atoms with E-state index in [0.717, 1.165) is 11.3 Å². The summed E-state index contributed by atoms with van der Waals surface area (Å²) in [6, 6.07) is 3.15. The van der Waals surface area contributed by atoms with Gasteiger partial charge in [0.15, 0.2) is 11.5 Å². The number of benzene rings is 1. The van der Waals surface area contributed by atoms with Gasteiger partial charge in [0, 0.05) is 36.7 Å². The molecule has 0 radical (unpaired) electrons. The lowest BCUT2D eigenvalue weighted by Gasteiger charge is -2.37. The molecule has 1 saturated carbocycles. The van der Waals surface area contributed by atoms with E-state index in [1.54, 1.807) is 20.8 Å². The van der Waals surface area contributed by atoms with Gasteiger partial charge >= 0.3 is 6.09 Å². The van der Waals surface area contributed by atoms with Crippen LogP contribution >= 0.6 is 23.2 Å². The van der Waals surface area contributed by atoms with Crippen LogP contribution in [0.25, 0.3) is 0 Å². The van der Waals surface area contributed by atoms with Crippen LogP contribution in [0.1, 0.15) is 59.8 Å². The van der Waals surface area contributed by atoms with Crippen molar-refractivity contribution in [1.82, 2.24) is 15.6 Å². The first kappa shape index (κ1) is 25.2. The molecular formula is C24H27Cl2N3O6. The van der Waals surface area contributed by atoms with Crippen LogP contribution in [0.3, 0.4) is 0 Å². The van der Waals surface area contributed by atoms with Crippen molar-refractivity contribution in [3.63, 3.8) is 0 Å². The summed E-state index contributed by atoms with van der Waals surface area (Å²) in [6.07, 6.45) is 1.64. The molecule has 35 heavy (non-hydrogen) atoms. The number of nitrogens with one attached hydrogen (secondary N) is 3. The summed E-state index contributed by atoms with van der Waals surface area (Å²) in [5.74, 6) is -1.11. The SMILES string of the molecule is Cc1cc(C)c(CNC(=O)c2cc(Cl)c3c(c2Cl)OC(C)(C2CCC(NC(=O)O)CC2)O3)c(=O)[nH]1. The minimum Gasteiger partial charge on any atom is -0.465 e. The van der Waals surface area contributed by atoms with Crippen molar-refractivity contribution >= 4 is 35.2 Å². The first-order chi connectivity index (χ1) is 16.5. The Morgan fingerprint density at radius 3 is 2.43 bits per heavy atom. The molecule has 2 amide bonds. The predicted octanol–water partition coefficient (Wildman–Crippen LogP) is 4.54. The van der Waals surface area contributed by atoms with Crippen LogP contribution in [-0.4, -0.2) is 33.9 Å². The highest BCUT2D eigenvalue weighted by atomic mass is 35.5. The zero-order valence-corrected chi connectivity index (χ0v) is 21.1. The van der Waals surface area contributed by atoms with Crippen LogP contribution in [0.15, 0.2) is 16.9 Å². The number of pyridine rings is 1. The number of carbonyl (C=O) groups excluding carboxylic acids is 1. The molecule has 2 heterocycles. The molecule has 4 rings (SSSR count). The number of carbonyl (C=O) groups is 2. The first-order valence-electron chi connectivity index (χ1n) is 11.4. The number of rotatable bonds is 5. The van der Waals surface area contributed by atoms with Crippen LogP contribution < -0.4 is 25.7 Å². The second kappa shape index (κ2) is 9.62. The van der Waals surface area contributed by atoms with Crippen LogP contribution in [0, 0.1) is 19.8 Å². The Kier molecular flexibility index (Phi) is 6.92. The standard InChI is InChI=1S/C24H27Cl2N3O6/c1-11-8-12(2)28-22(31)16(11)10-27-21(30)15-9-17(25)19-20(18(15)26)35-24(3,34-19)13-4-6-14(7-5-13)29-23(32)33/h8-9,13-14,29H,4-7,10H2,1-3H3,(H,27,30)(H,28,31)(H,32,33). The molecule has 1 fully saturated rings. The molecule has 11 heteroatoms. The van der Waals surface area contributed by atoms with Crippen molar-refractivity contribution in [2.45, 2.75) is 64.8 Å². The van der Waals surface area contributed by atoms with Crippen molar-refractivity contribution in [3.8, 4) is 11.5 Å². The molecule has 0 spiro atoms. The number of ether oxygens (including phenoxy) is 2. The monoisotopic (exact) mass is 523 g/mol. The van der Waals surface area contributed by atoms with E-state index in [9.17, 15) is 14.4 Å². The van der Waals surface area contributed by atoms with Gasteiger partial charge in [-0.25, -0.2) is 4.79 Å². The molecule has 1 aliphatic heterocycles. The molecule has 0 bridgehead atoms. The molecular weight excluding hydrogens is 497 g/mol. The summed E-state index contributed by atoms with van der Waals surface area (Å²) >= 11 is 13.0. The third kappa shape index (κ3) is 5.06. The molecule has 4 N–H and O–H groups in total. The number of amides is 2. The zero-order valence-electron chi connectivity index (χ0n) is 19.6. The summed E-state index contributed by atoms with van der Waals surface area (Å²) in [4.78, 5) is 38.8. The number of aromatic amines is 1. The minimum atomic E-state index is -1.05. The highest BCUT2D eigenvalue weighted by molar-refractivity contribution is 6.38. The Morgan fingerprint density at radius 2 is 1.80 bits per heavy atom. The molecule has 2 aliphatic rings. The maximum absolute atomic E-state index is 12.9. The van der Waals surface area contributed by atoms with Crippen molar-refractivity contribution in [2.24, 2.45) is 5.92 Å². The largest absolute Gasteiger partial charge is 0.465 e. The number of aromatic nitrogens is 1. The number of halogens is 2. The predicted molar refractivity (Wildman–Crippen MR) is 131 cm³/mol. The third-order valence-electron chi connectivity index (χ3n) is 6.70. The second-order valence-electron chi connectivity index (χ2n) is 9.22. The highest BCUT2D eigenvalue weighted by Crippen LogP contribution is 2.53. The van der Waals surface area contributed by atoms with Crippen LogP contribution in [0.5, 0.6) is 11.5 Å². The molecule has 188 valence electrons. The molecule has 1 aliphatic carbocycles. The lowest BCUT2D eigenvalue weighted by Crippen LogP contribution is -2.47. The van der Waals surface area contributed by atoms with E-state index >= 15 is 0 Å². The number of H-pyrrole nitrogens is 1. The van der Waals surface area contributed by atoms with Gasteiger partial charge in [-0.1, -0.05) is 23.2 Å². The Labute approximate surface area is 212 Å². The van der Waals surface area contributed by atoms with Gasteiger partial charge in [-0.2, -0.15) is 0 Å². The van der Waals surface area contributed by atoms with Gasteiger partial charge in [-0.15, -0.1) is 0 Å². The van der Waals surface area contributed by atoms with E-state index in [2.05, 4.69) is 15.6 Å². The molecule has 9 nitrogen and oxygen atoms in total. The maximum atomic E-state index is 12.9. The third-order valence-corrected chi connectivity index (χ3v) is 7.36. The summed E-state index contributed by atoms with van der Waals surface area (Å²) in [6.45, 7) is 5.41. The van der Waals surface area contributed by atoms with Crippen LogP contribution in [-0.2, 0) is 6.54 Å². The van der Waals surface area contributed by atoms with E-state index in [1.165, 1.54) is 6.07 Å². The zero-order chi connectivity index (χ0) is 25.5. The minimum absolute atomic E-state index is 0.0218. The number of hydrogen-bond acceptors (Lipinski definition) is 5. The van der Waals surface area contributed by atoms with E-state index < -0.39 is 17.8 Å². The number of hydrogen-bond donors (Lipinski definition) is 4. The van der Waals surface area contributed by atoms with Gasteiger partial charge in [-0.3, -0.25) is 9.59 Å². The van der Waals surface area contributed by atoms with Gasteiger partial charge in [0.2, 0.25) is 0 Å². The lowest BCUT2D eigenvalue weighted by molar-refractivity contribution is -0.121. The van der Waals surface area contributed by atoms with E-state index in [4.69, 9.17) is 37.8 Å². The van der Waals surface area contributed by atoms with Gasteiger partial charge < -0.3 is 30.2 Å². The molecule has 1 aromatic carbocycles. The van der Waals surface area contributed by atoms with Gasteiger partial charge in [-0.05, 0) is 57.2 Å². The molecule has 1 aromatic heterocycles. The lowest BCUT2D eigenvalue weighted by atomic mass is 9.81. The Hall–Kier alpha value is -2.91. The fraction of sp³-hybridized carbons (Fsp3) is 0.458. The van der Waals surface area contributed by atoms with Crippen LogP contribution in [0.4, 0.5) is 4.79 Å². The second-order valence-corrected chi connectivity index (χ2v) is 10.0. The molecule has 2 aromatic rings. The van der Waals surface area contributed by atoms with Crippen molar-refractivity contribution in [3.05, 3.63) is 54.9 Å². The Bertz CT molecular complexity index is 1240. The van der Waals surface area contributed by atoms with Gasteiger partial charge in [0.25, 0.3) is 17.3 Å². The normalized spacial score (nSPS) is 23.1. The average molecular weight is 524 g/mol. The maximum Gasteiger partial charge on any atom is 0.404 e. The van der Waals surface area contributed by atoms with Crippen molar-refractivity contribution in [2.75, 3.05) is 0 Å². The van der Waals surface area contributed by atoms with E-state index in [1.807, 2.05) is 6.07 Å². The van der Waals surface area contributed by atoms with E-state index in [0.29, 0.717) is 31.2 Å². The number of aryl methyl sites for hydroxylation is 2. The molecule has 0 saturated heterocycles.